The molecule has 0 aliphatic carbocycles. The van der Waals surface area contributed by atoms with Crippen molar-refractivity contribution in [3.05, 3.63) is 41.7 Å². The van der Waals surface area contributed by atoms with Gasteiger partial charge in [0.05, 0.1) is 6.54 Å². The zero-order valence-corrected chi connectivity index (χ0v) is 12.5. The van der Waals surface area contributed by atoms with Crippen molar-refractivity contribution in [1.29, 1.82) is 0 Å². The van der Waals surface area contributed by atoms with E-state index < -0.39 is 11.9 Å². The lowest BCUT2D eigenvalue weighted by atomic mass is 10.2. The minimum atomic E-state index is -1.20. The normalized spacial score (nSPS) is 10.6. The molecule has 0 aromatic heterocycles. The Morgan fingerprint density at radius 2 is 2.00 bits per heavy atom. The Labute approximate surface area is 132 Å². The van der Waals surface area contributed by atoms with Crippen LogP contribution in [0.15, 0.2) is 41.1 Å². The number of benzene rings is 1. The molecule has 0 saturated carbocycles. The Morgan fingerprint density at radius 3 is 2.59 bits per heavy atom. The Bertz CT molecular complexity index is 594. The Hall–Kier alpha value is -2.46. The van der Waals surface area contributed by atoms with Crippen molar-refractivity contribution in [2.45, 2.75) is 4.90 Å². The molecule has 7 heteroatoms. The second-order valence-electron chi connectivity index (χ2n) is 4.04. The van der Waals surface area contributed by atoms with Crippen LogP contribution in [0.25, 0.3) is 0 Å². The number of hydrogen-bond donors (Lipinski definition) is 3. The van der Waals surface area contributed by atoms with Crippen molar-refractivity contribution in [3.63, 3.8) is 0 Å². The molecular weight excluding hydrogens is 307 g/mol. The lowest BCUT2D eigenvalue weighted by Gasteiger charge is -2.04. The summed E-state index contributed by atoms with van der Waals surface area (Å²) in [6, 6.07) is 6.67. The number of carbonyl (C=O) groups excluding carboxylic acids is 1. The first-order valence-electron chi connectivity index (χ1n) is 6.28. The highest BCUT2D eigenvalue weighted by Crippen LogP contribution is 2.21. The van der Waals surface area contributed by atoms with Gasteiger partial charge in [0.15, 0.2) is 0 Å². The topological polar surface area (TPSA) is 78.4 Å². The highest BCUT2D eigenvalue weighted by atomic mass is 32.2. The van der Waals surface area contributed by atoms with Gasteiger partial charge in [-0.15, -0.1) is 18.2 Å². The number of hydrogen-bond acceptors (Lipinski definition) is 3. The third kappa shape index (κ3) is 6.81. The molecule has 0 fully saturated rings. The van der Waals surface area contributed by atoms with Gasteiger partial charge in [-0.25, -0.2) is 9.18 Å². The van der Waals surface area contributed by atoms with E-state index in [0.717, 1.165) is 4.90 Å². The lowest BCUT2D eigenvalue weighted by Crippen LogP contribution is -2.23. The van der Waals surface area contributed by atoms with E-state index in [0.29, 0.717) is 5.56 Å². The van der Waals surface area contributed by atoms with Gasteiger partial charge in [0.2, 0.25) is 0 Å². The van der Waals surface area contributed by atoms with Crippen LogP contribution in [0.3, 0.4) is 0 Å². The summed E-state index contributed by atoms with van der Waals surface area (Å²) in [6.45, 7) is 0.0890. The van der Waals surface area contributed by atoms with Gasteiger partial charge in [-0.3, -0.25) is 4.79 Å². The predicted molar refractivity (Wildman–Crippen MR) is 83.6 cm³/mol. The highest BCUT2D eigenvalue weighted by molar-refractivity contribution is 7.99. The number of carboxylic acid groups (broad SMARTS) is 1. The first-order chi connectivity index (χ1) is 10.5. The van der Waals surface area contributed by atoms with Gasteiger partial charge in [-0.1, -0.05) is 5.92 Å². The molecule has 3 N–H and O–H groups in total. The van der Waals surface area contributed by atoms with Crippen molar-refractivity contribution in [1.82, 2.24) is 10.6 Å². The number of nitrogens with one attached hydrogen (secondary N) is 2. The van der Waals surface area contributed by atoms with E-state index in [-0.39, 0.29) is 24.7 Å². The van der Waals surface area contributed by atoms with Gasteiger partial charge in [-0.05, 0) is 30.3 Å². The molecule has 0 bridgehead atoms. The number of carbonyl (C=O) groups is 2. The maximum Gasteiger partial charge on any atom is 0.404 e. The molecule has 0 aliphatic rings. The fourth-order valence-electron chi connectivity index (χ4n) is 1.40. The van der Waals surface area contributed by atoms with Crippen LogP contribution in [0.5, 0.6) is 0 Å². The third-order valence-electron chi connectivity index (χ3n) is 2.42. The molecule has 0 radical (unpaired) electrons. The molecule has 0 saturated heterocycles. The average Bonchev–Trinajstić information content (AvgIpc) is 2.50. The van der Waals surface area contributed by atoms with Crippen molar-refractivity contribution in [2.75, 3.05) is 18.8 Å². The molecule has 5 nitrogen and oxygen atoms in total. The van der Waals surface area contributed by atoms with Gasteiger partial charge < -0.3 is 15.7 Å². The van der Waals surface area contributed by atoms with Crippen LogP contribution < -0.4 is 10.6 Å². The molecule has 2 amide bonds. The minimum Gasteiger partial charge on any atom is -0.465 e. The summed E-state index contributed by atoms with van der Waals surface area (Å²) < 4.78 is 13.4. The average molecular weight is 322 g/mol. The largest absolute Gasteiger partial charge is 0.465 e. The zero-order valence-electron chi connectivity index (χ0n) is 11.6. The molecule has 0 heterocycles. The van der Waals surface area contributed by atoms with E-state index in [4.69, 9.17) is 11.5 Å². The van der Waals surface area contributed by atoms with E-state index in [9.17, 15) is 14.0 Å². The number of halogens is 1. The molecule has 0 atom stereocenters. The summed E-state index contributed by atoms with van der Waals surface area (Å²) >= 11 is 1.24. The standard InChI is InChI=1S/C15H15FN2O3S/c1-2-8-17-14(19)11-3-5-13(6-4-11)22-10-12(16)7-9-18-15(20)21/h1,3-7,18H,8-10H2,(H,17,19)(H,20,21). The molecule has 1 aromatic rings. The summed E-state index contributed by atoms with van der Waals surface area (Å²) in [4.78, 5) is 22.6. The van der Waals surface area contributed by atoms with Gasteiger partial charge in [0.25, 0.3) is 5.91 Å². The summed E-state index contributed by atoms with van der Waals surface area (Å²) in [6.07, 6.45) is 5.02. The van der Waals surface area contributed by atoms with Crippen LogP contribution >= 0.6 is 11.8 Å². The van der Waals surface area contributed by atoms with Gasteiger partial charge in [-0.2, -0.15) is 0 Å². The van der Waals surface area contributed by atoms with Gasteiger partial charge >= 0.3 is 6.09 Å². The molecule has 116 valence electrons. The monoisotopic (exact) mass is 322 g/mol. The van der Waals surface area contributed by atoms with Crippen LogP contribution in [0.1, 0.15) is 10.4 Å². The van der Waals surface area contributed by atoms with Gasteiger partial charge in [0.1, 0.15) is 5.83 Å². The maximum absolute atomic E-state index is 13.4. The second kappa shape index (κ2) is 9.47. The van der Waals surface area contributed by atoms with Gasteiger partial charge in [0, 0.05) is 22.8 Å². The SMILES string of the molecule is C#CCNC(=O)c1ccc(SCC(F)=CCNC(=O)O)cc1. The van der Waals surface area contributed by atoms with Crippen LogP contribution in [0.4, 0.5) is 9.18 Å². The van der Waals surface area contributed by atoms with Crippen LogP contribution in [-0.4, -0.2) is 35.9 Å². The third-order valence-corrected chi connectivity index (χ3v) is 3.45. The number of rotatable bonds is 7. The second-order valence-corrected chi connectivity index (χ2v) is 5.09. The van der Waals surface area contributed by atoms with Crippen molar-refractivity contribution < 1.29 is 19.1 Å². The Balaban J connectivity index is 2.46. The van der Waals surface area contributed by atoms with Crippen LogP contribution in [-0.2, 0) is 0 Å². The van der Waals surface area contributed by atoms with Crippen LogP contribution in [0, 0.1) is 12.3 Å². The fraction of sp³-hybridized carbons (Fsp3) is 0.200. The zero-order chi connectivity index (χ0) is 16.4. The van der Waals surface area contributed by atoms with E-state index in [1.54, 1.807) is 24.3 Å². The van der Waals surface area contributed by atoms with E-state index >= 15 is 0 Å². The van der Waals surface area contributed by atoms with E-state index in [1.165, 1.54) is 17.8 Å². The number of amides is 2. The predicted octanol–water partition coefficient (Wildman–Crippen LogP) is 2.26. The van der Waals surface area contributed by atoms with Crippen LogP contribution in [0.2, 0.25) is 0 Å². The van der Waals surface area contributed by atoms with Crippen molar-refractivity contribution in [2.24, 2.45) is 0 Å². The molecule has 22 heavy (non-hydrogen) atoms. The summed E-state index contributed by atoms with van der Waals surface area (Å²) in [5.41, 5.74) is 0.473. The first-order valence-corrected chi connectivity index (χ1v) is 7.27. The maximum atomic E-state index is 13.4. The molecule has 1 rings (SSSR count). The molecule has 1 aromatic carbocycles. The minimum absolute atomic E-state index is 0.0734. The fourth-order valence-corrected chi connectivity index (χ4v) is 2.15. The van der Waals surface area contributed by atoms with Crippen molar-refractivity contribution >= 4 is 23.8 Å². The van der Waals surface area contributed by atoms with E-state index in [2.05, 4.69) is 11.2 Å². The Kier molecular flexibility index (Phi) is 7.57. The summed E-state index contributed by atoms with van der Waals surface area (Å²) in [7, 11) is 0. The van der Waals surface area contributed by atoms with E-state index in [1.807, 2.05) is 5.32 Å². The summed E-state index contributed by atoms with van der Waals surface area (Å²) in [5.74, 6) is 1.71. The molecular formula is C15H15FN2O3S. The van der Waals surface area contributed by atoms with Crippen molar-refractivity contribution in [3.8, 4) is 12.3 Å². The number of terminal acetylenes is 1. The lowest BCUT2D eigenvalue weighted by molar-refractivity contribution is 0.0958. The molecule has 0 unspecified atom stereocenters. The first kappa shape index (κ1) is 17.6. The Morgan fingerprint density at radius 1 is 1.32 bits per heavy atom. The highest BCUT2D eigenvalue weighted by Gasteiger charge is 2.04. The quantitative estimate of drug-likeness (QED) is 0.531. The number of thioether (sulfide) groups is 1. The smallest absolute Gasteiger partial charge is 0.404 e. The molecule has 0 aliphatic heterocycles. The summed E-state index contributed by atoms with van der Waals surface area (Å²) in [5, 5.41) is 12.9. The molecule has 0 spiro atoms.